The molecule has 0 aliphatic carbocycles. The monoisotopic (exact) mass is 723 g/mol. The first-order valence-corrected chi connectivity index (χ1v) is 15.9. The van der Waals surface area contributed by atoms with Crippen LogP contribution in [0.3, 0.4) is 0 Å². The molecule has 1 fully saturated rings. The number of aryl methyl sites for hydroxylation is 1. The number of nitrogens with zero attached hydrogens (tertiary/aromatic N) is 5. The van der Waals surface area contributed by atoms with Gasteiger partial charge in [0.2, 0.25) is 5.91 Å². The number of nitrogens with one attached hydrogen (secondary N) is 2. The molecule has 3 aromatic carbocycles. The van der Waals surface area contributed by atoms with Crippen molar-refractivity contribution in [1.29, 1.82) is 0 Å². The Hall–Kier alpha value is -4.81. The molecule has 266 valence electrons. The molecule has 50 heavy (non-hydrogen) atoms. The summed E-state index contributed by atoms with van der Waals surface area (Å²) in [5, 5.41) is 3.07. The topological polar surface area (TPSA) is 111 Å². The van der Waals surface area contributed by atoms with Gasteiger partial charge in [-0.25, -0.2) is 14.8 Å². The fourth-order valence-corrected chi connectivity index (χ4v) is 5.84. The van der Waals surface area contributed by atoms with Gasteiger partial charge in [-0.1, -0.05) is 42.1 Å². The van der Waals surface area contributed by atoms with Gasteiger partial charge in [-0.3, -0.25) is 20.1 Å². The van der Waals surface area contributed by atoms with Crippen LogP contribution in [-0.2, 0) is 10.5 Å². The predicted octanol–water partition coefficient (Wildman–Crippen LogP) is 6.81. The summed E-state index contributed by atoms with van der Waals surface area (Å²) in [6.07, 6.45) is -7.87. The van der Waals surface area contributed by atoms with E-state index in [1.54, 1.807) is 25.0 Å². The summed E-state index contributed by atoms with van der Waals surface area (Å²) < 4.78 is 85.0. The number of anilines is 2. The van der Waals surface area contributed by atoms with Gasteiger partial charge in [0.15, 0.2) is 17.4 Å². The van der Waals surface area contributed by atoms with Crippen LogP contribution in [0.4, 0.5) is 42.5 Å². The summed E-state index contributed by atoms with van der Waals surface area (Å²) in [4.78, 5) is 35.4. The minimum atomic E-state index is -4.79. The molecule has 2 heterocycles. The van der Waals surface area contributed by atoms with Crippen LogP contribution in [0, 0.1) is 6.92 Å². The molecule has 0 aromatic heterocycles. The van der Waals surface area contributed by atoms with Crippen LogP contribution in [0.2, 0.25) is 0 Å². The molecule has 0 bridgehead atoms. The summed E-state index contributed by atoms with van der Waals surface area (Å²) in [6.45, 7) is 3.80. The van der Waals surface area contributed by atoms with Crippen LogP contribution < -0.4 is 30.2 Å². The Balaban J connectivity index is 1.22. The Bertz CT molecular complexity index is 1790. The number of carbonyl (C=O) groups excluding carboxylic acids is 2. The van der Waals surface area contributed by atoms with Gasteiger partial charge in [0.05, 0.1) is 23.2 Å². The predicted molar refractivity (Wildman–Crippen MR) is 176 cm³/mol. The third-order valence-electron chi connectivity index (χ3n) is 7.64. The number of halogens is 6. The highest BCUT2D eigenvalue weighted by molar-refractivity contribution is 8.15. The molecule has 0 saturated carbocycles. The lowest BCUT2D eigenvalue weighted by atomic mass is 9.99. The van der Waals surface area contributed by atoms with Crippen molar-refractivity contribution in [2.45, 2.75) is 45.0 Å². The number of hydrazine groups is 2. The summed E-state index contributed by atoms with van der Waals surface area (Å²) in [7, 11) is 1.62. The number of hydrogen-bond donors (Lipinski definition) is 2. The zero-order valence-corrected chi connectivity index (χ0v) is 27.8. The highest BCUT2D eigenvalue weighted by atomic mass is 32.2. The quantitative estimate of drug-likeness (QED) is 0.183. The molecule has 0 radical (unpaired) electrons. The Kier molecular flexibility index (Phi) is 10.4. The third-order valence-corrected chi connectivity index (χ3v) is 8.56. The minimum absolute atomic E-state index is 0.0159. The molecule has 5 rings (SSSR count). The molecule has 3 amide bonds. The molecule has 11 nitrogen and oxygen atoms in total. The second-order valence-electron chi connectivity index (χ2n) is 11.5. The van der Waals surface area contributed by atoms with Crippen molar-refractivity contribution in [3.05, 3.63) is 83.4 Å². The number of ether oxygens (including phenoxy) is 2. The fourth-order valence-electron chi connectivity index (χ4n) is 4.98. The van der Waals surface area contributed by atoms with Gasteiger partial charge in [-0.2, -0.15) is 23.6 Å². The van der Waals surface area contributed by atoms with E-state index in [0.717, 1.165) is 27.8 Å². The number of thioether (sulfide) groups is 1. The first kappa shape index (κ1) is 36.5. The fraction of sp³-hybridized carbons (Fsp3) is 0.312. The van der Waals surface area contributed by atoms with Crippen LogP contribution in [0.1, 0.15) is 36.6 Å². The van der Waals surface area contributed by atoms with E-state index in [0.29, 0.717) is 11.3 Å². The molecule has 0 spiro atoms. The second-order valence-corrected chi connectivity index (χ2v) is 12.4. The molecule has 1 saturated heterocycles. The number of benzene rings is 3. The van der Waals surface area contributed by atoms with E-state index in [9.17, 15) is 35.9 Å². The number of carbonyl (C=O) groups is 2. The van der Waals surface area contributed by atoms with Gasteiger partial charge in [0.1, 0.15) is 17.8 Å². The van der Waals surface area contributed by atoms with Crippen LogP contribution >= 0.6 is 11.8 Å². The van der Waals surface area contributed by atoms with Gasteiger partial charge >= 0.3 is 18.6 Å². The van der Waals surface area contributed by atoms with Crippen molar-refractivity contribution in [3.8, 4) is 11.5 Å². The maximum absolute atomic E-state index is 13.0. The largest absolute Gasteiger partial charge is 0.573 e. The van der Waals surface area contributed by atoms with Gasteiger partial charge < -0.3 is 9.47 Å². The summed E-state index contributed by atoms with van der Waals surface area (Å²) in [5.74, 6) is -1.07. The smallest absolute Gasteiger partial charge is 0.482 e. The zero-order valence-electron chi connectivity index (χ0n) is 27.0. The summed E-state index contributed by atoms with van der Waals surface area (Å²) >= 11 is 0.968. The van der Waals surface area contributed by atoms with Crippen LogP contribution in [-0.4, -0.2) is 60.4 Å². The molecule has 2 aliphatic rings. The summed E-state index contributed by atoms with van der Waals surface area (Å²) in [6, 6.07) is 15.9. The third kappa shape index (κ3) is 8.85. The molecule has 18 heteroatoms. The Morgan fingerprint density at radius 2 is 1.78 bits per heavy atom. The van der Waals surface area contributed by atoms with Crippen molar-refractivity contribution in [1.82, 2.24) is 15.9 Å². The molecular formula is C32H31F6N7O4S. The highest BCUT2D eigenvalue weighted by Gasteiger charge is 2.36. The number of aliphatic imine (C=N–C) groups is 2. The lowest BCUT2D eigenvalue weighted by Crippen LogP contribution is -2.43. The van der Waals surface area contributed by atoms with E-state index < -0.39 is 36.7 Å². The van der Waals surface area contributed by atoms with Crippen molar-refractivity contribution < 1.29 is 45.4 Å². The first-order valence-electron chi connectivity index (χ1n) is 14.9. The standard InChI is InChI=1S/C32H31F6N7O4S/c1-19-5-14-26(48-17-31(33,34)35)25(15-19)45-27(46)16-50-29(45)40-28(47)41-43(4)20(2)21-6-8-22(9-7-21)30(3)39-18-44(42-30)23-10-12-24(13-11-23)49-32(36,37)38/h5-15,18,20,42H,16-17H2,1-4H3,(H,41,47). The molecule has 3 aromatic rings. The first-order chi connectivity index (χ1) is 23.4. The molecule has 2 aliphatic heterocycles. The lowest BCUT2D eigenvalue weighted by molar-refractivity contribution is -0.274. The van der Waals surface area contributed by atoms with E-state index in [4.69, 9.17) is 4.74 Å². The SMILES string of the molecule is Cc1ccc(OCC(F)(F)F)c(N2C(=O)CSC2=NC(=O)NN(C)C(C)c2ccc(C3(C)N=CN(c4ccc(OC(F)(F)F)cc4)N3)cc2)c1. The number of alkyl halides is 6. The average molecular weight is 724 g/mol. The molecule has 2 N–H and O–H groups in total. The number of rotatable bonds is 9. The van der Waals surface area contributed by atoms with E-state index in [1.165, 1.54) is 47.7 Å². The van der Waals surface area contributed by atoms with Crippen molar-refractivity contribution >= 4 is 46.6 Å². The van der Waals surface area contributed by atoms with E-state index in [2.05, 4.69) is 25.6 Å². The maximum Gasteiger partial charge on any atom is 0.573 e. The zero-order chi connectivity index (χ0) is 36.4. The maximum atomic E-state index is 13.0. The van der Waals surface area contributed by atoms with E-state index >= 15 is 0 Å². The van der Waals surface area contributed by atoms with Crippen molar-refractivity contribution in [3.63, 3.8) is 0 Å². The number of hydrogen-bond acceptors (Lipinski definition) is 9. The van der Waals surface area contributed by atoms with Gasteiger partial charge in [0.25, 0.3) is 0 Å². The van der Waals surface area contributed by atoms with Crippen LogP contribution in [0.25, 0.3) is 0 Å². The number of amides is 3. The van der Waals surface area contributed by atoms with Gasteiger partial charge in [-0.05, 0) is 73.9 Å². The van der Waals surface area contributed by atoms with Gasteiger partial charge in [-0.15, -0.1) is 13.2 Å². The Morgan fingerprint density at radius 1 is 1.10 bits per heavy atom. The molecular weight excluding hydrogens is 692 g/mol. The van der Waals surface area contributed by atoms with Crippen molar-refractivity contribution in [2.24, 2.45) is 9.98 Å². The Labute approximate surface area is 286 Å². The highest BCUT2D eigenvalue weighted by Crippen LogP contribution is 2.36. The van der Waals surface area contributed by atoms with Crippen LogP contribution in [0.5, 0.6) is 11.5 Å². The van der Waals surface area contributed by atoms with Crippen molar-refractivity contribution in [2.75, 3.05) is 29.3 Å². The number of urea groups is 1. The Morgan fingerprint density at radius 3 is 2.42 bits per heavy atom. The molecule has 2 unspecified atom stereocenters. The van der Waals surface area contributed by atoms with E-state index in [1.807, 2.05) is 38.1 Å². The minimum Gasteiger partial charge on any atom is -0.482 e. The van der Waals surface area contributed by atoms with Gasteiger partial charge in [0, 0.05) is 7.05 Å². The number of amidine groups is 1. The van der Waals surface area contributed by atoms with Crippen LogP contribution in [0.15, 0.2) is 76.7 Å². The lowest BCUT2D eigenvalue weighted by Gasteiger charge is -2.28. The normalized spacial score (nSPS) is 19.4. The average Bonchev–Trinajstić information content (AvgIpc) is 3.61. The second kappa shape index (κ2) is 14.2. The van der Waals surface area contributed by atoms with E-state index in [-0.39, 0.29) is 34.1 Å². The molecule has 2 atom stereocenters. The summed E-state index contributed by atoms with van der Waals surface area (Å²) in [5.41, 5.74) is 7.79.